The van der Waals surface area contributed by atoms with Crippen molar-refractivity contribution in [3.8, 4) is 0 Å². The van der Waals surface area contributed by atoms with Gasteiger partial charge in [0.1, 0.15) is 5.69 Å². The first kappa shape index (κ1) is 24.4. The van der Waals surface area contributed by atoms with E-state index >= 15 is 0 Å². The summed E-state index contributed by atoms with van der Waals surface area (Å²) in [5.41, 5.74) is 1.64. The molecule has 156 valence electrons. The molecule has 0 saturated heterocycles. The minimum Gasteiger partial charge on any atom is -0.289 e. The molecule has 0 aliphatic heterocycles. The molecule has 0 fully saturated rings. The van der Waals surface area contributed by atoms with Gasteiger partial charge in [-0.1, -0.05) is 99.5 Å². The van der Waals surface area contributed by atoms with E-state index in [2.05, 4.69) is 10.2 Å². The van der Waals surface area contributed by atoms with Crippen molar-refractivity contribution in [2.24, 2.45) is 21.1 Å². The van der Waals surface area contributed by atoms with Gasteiger partial charge in [0.05, 0.1) is 31.3 Å². The van der Waals surface area contributed by atoms with E-state index in [0.29, 0.717) is 11.1 Å². The van der Waals surface area contributed by atoms with Crippen molar-refractivity contribution in [2.75, 3.05) is 0 Å². The summed E-state index contributed by atoms with van der Waals surface area (Å²) < 4.78 is 0. The fourth-order valence-electron chi connectivity index (χ4n) is 2.67. The molecule has 0 spiro atoms. The highest BCUT2D eigenvalue weighted by atomic mass is 35.5. The van der Waals surface area contributed by atoms with E-state index in [1.54, 1.807) is 0 Å². The first-order valence-electron chi connectivity index (χ1n) is 8.77. The summed E-state index contributed by atoms with van der Waals surface area (Å²) in [6.07, 6.45) is 5.18. The minimum absolute atomic E-state index is 0.0430. The van der Waals surface area contributed by atoms with Crippen LogP contribution in [0, 0.1) is 10.8 Å². The molecule has 0 saturated carbocycles. The van der Waals surface area contributed by atoms with Crippen LogP contribution in [0.3, 0.4) is 0 Å². The molecule has 1 aliphatic rings. The summed E-state index contributed by atoms with van der Waals surface area (Å²) in [4.78, 5) is 13.0. The predicted octanol–water partition coefficient (Wildman–Crippen LogP) is 9.45. The van der Waals surface area contributed by atoms with Crippen molar-refractivity contribution in [2.45, 2.75) is 41.5 Å². The number of carbonyl (C=O) groups is 1. The van der Waals surface area contributed by atoms with Gasteiger partial charge in [-0.3, -0.25) is 4.79 Å². The Bertz CT molecular complexity index is 925. The topological polar surface area (TPSA) is 41.8 Å². The summed E-state index contributed by atoms with van der Waals surface area (Å²) in [5.74, 6) is 0.0430. The molecule has 8 heteroatoms. The van der Waals surface area contributed by atoms with Crippen LogP contribution in [-0.2, 0) is 4.79 Å². The molecule has 0 radical (unpaired) electrons. The summed E-state index contributed by atoms with van der Waals surface area (Å²) in [5, 5.41) is 8.44. The van der Waals surface area contributed by atoms with Gasteiger partial charge >= 0.3 is 0 Å². The molecule has 1 aliphatic carbocycles. The van der Waals surface area contributed by atoms with Gasteiger partial charge in [-0.25, -0.2) is 0 Å². The highest BCUT2D eigenvalue weighted by molar-refractivity contribution is 6.56. The second-order valence-corrected chi connectivity index (χ2v) is 10.6. The fourth-order valence-corrected chi connectivity index (χ4v) is 3.88. The highest BCUT2D eigenvalue weighted by Crippen LogP contribution is 2.48. The normalized spacial score (nSPS) is 15.7. The van der Waals surface area contributed by atoms with Crippen LogP contribution in [0.15, 0.2) is 45.3 Å². The average Bonchev–Trinajstić information content (AvgIpc) is 2.60. The number of hydrogen-bond donors (Lipinski definition) is 0. The minimum atomic E-state index is -0.318. The molecule has 29 heavy (non-hydrogen) atoms. The lowest BCUT2D eigenvalue weighted by atomic mass is 9.72. The molecule has 0 unspecified atom stereocenters. The number of allylic oxidation sites excluding steroid dienone is 5. The van der Waals surface area contributed by atoms with Crippen molar-refractivity contribution in [3.63, 3.8) is 0 Å². The predicted molar refractivity (Wildman–Crippen MR) is 124 cm³/mol. The standard InChI is InChI=1S/C21H21Cl5N2O/c1-20(2,3)11-7-10(8-12(19(11)29)21(4,5)6)9-27-28-18-16(25)14(23)13(22)15(24)17(18)26/h7-9H,1-6H3. The van der Waals surface area contributed by atoms with Crippen molar-refractivity contribution < 1.29 is 4.79 Å². The molecular formula is C21H21Cl5N2O. The Balaban J connectivity index is 2.55. The van der Waals surface area contributed by atoms with Crippen LogP contribution >= 0.6 is 58.0 Å². The maximum Gasteiger partial charge on any atom is 0.186 e. The smallest absolute Gasteiger partial charge is 0.186 e. The lowest BCUT2D eigenvalue weighted by Crippen LogP contribution is -2.27. The van der Waals surface area contributed by atoms with Crippen LogP contribution in [-0.4, -0.2) is 5.78 Å². The molecule has 0 bridgehead atoms. The number of rotatable bonds is 2. The number of nitrogens with zero attached hydrogens (tertiary/aromatic N) is 2. The monoisotopic (exact) mass is 492 g/mol. The molecule has 0 atom stereocenters. The molecule has 0 aromatic heterocycles. The Morgan fingerprint density at radius 1 is 0.724 bits per heavy atom. The summed E-state index contributed by atoms with van der Waals surface area (Å²) in [7, 11) is 0. The number of Topliss-reactive ketones (excluding diaryl/α,β-unsaturated/α-hetero) is 1. The van der Waals surface area contributed by atoms with Crippen LogP contribution < -0.4 is 0 Å². The van der Waals surface area contributed by atoms with Crippen molar-refractivity contribution >= 4 is 69.5 Å². The van der Waals surface area contributed by atoms with Crippen LogP contribution in [0.25, 0.3) is 0 Å². The molecule has 0 N–H and O–H groups in total. The first-order valence-corrected chi connectivity index (χ1v) is 10.7. The third kappa shape index (κ3) is 5.26. The van der Waals surface area contributed by atoms with Gasteiger partial charge in [0.2, 0.25) is 0 Å². The van der Waals surface area contributed by atoms with E-state index in [9.17, 15) is 4.79 Å². The van der Waals surface area contributed by atoms with Crippen LogP contribution in [0.1, 0.15) is 41.5 Å². The van der Waals surface area contributed by atoms with Crippen molar-refractivity contribution in [1.82, 2.24) is 0 Å². The molecule has 1 aromatic carbocycles. The third-order valence-corrected chi connectivity index (χ3v) is 6.54. The van der Waals surface area contributed by atoms with E-state index in [0.717, 1.165) is 5.57 Å². The quantitative estimate of drug-likeness (QED) is 0.229. The Kier molecular flexibility index (Phi) is 7.35. The number of halogens is 5. The zero-order valence-corrected chi connectivity index (χ0v) is 20.7. The van der Waals surface area contributed by atoms with E-state index in [1.165, 1.54) is 6.20 Å². The molecule has 0 heterocycles. The number of azo groups is 1. The molecule has 2 rings (SSSR count). The summed E-state index contributed by atoms with van der Waals surface area (Å²) >= 11 is 30.5. The SMILES string of the molecule is CC(C)(C)C1=CC(=CN=Nc2c(Cl)c(Cl)c(Cl)c(Cl)c2Cl)C=C(C(C)(C)C)C1=O. The largest absolute Gasteiger partial charge is 0.289 e. The second kappa shape index (κ2) is 8.72. The second-order valence-electron chi connectivity index (χ2n) is 8.71. The van der Waals surface area contributed by atoms with Crippen LogP contribution in [0.5, 0.6) is 0 Å². The Labute approximate surface area is 196 Å². The maximum atomic E-state index is 13.0. The van der Waals surface area contributed by atoms with Crippen LogP contribution in [0.4, 0.5) is 5.69 Å². The van der Waals surface area contributed by atoms with Gasteiger partial charge in [-0.15, -0.1) is 5.11 Å². The van der Waals surface area contributed by atoms with Crippen molar-refractivity contribution in [1.29, 1.82) is 0 Å². The van der Waals surface area contributed by atoms with Crippen LogP contribution in [0.2, 0.25) is 25.1 Å². The van der Waals surface area contributed by atoms with E-state index < -0.39 is 0 Å². The Hall–Kier alpha value is -0.840. The van der Waals surface area contributed by atoms with Crippen molar-refractivity contribution in [3.05, 3.63) is 60.2 Å². The molecule has 0 amide bonds. The van der Waals surface area contributed by atoms with E-state index in [-0.39, 0.29) is 47.4 Å². The average molecular weight is 495 g/mol. The fraction of sp³-hybridized carbons (Fsp3) is 0.381. The first-order chi connectivity index (χ1) is 13.2. The molecule has 3 nitrogen and oxygen atoms in total. The number of ketones is 1. The van der Waals surface area contributed by atoms with Gasteiger partial charge in [0.25, 0.3) is 0 Å². The number of hydrogen-bond acceptors (Lipinski definition) is 3. The molecular weight excluding hydrogens is 474 g/mol. The van der Waals surface area contributed by atoms with Gasteiger partial charge in [0, 0.05) is 11.1 Å². The zero-order valence-electron chi connectivity index (χ0n) is 16.9. The number of benzene rings is 1. The summed E-state index contributed by atoms with van der Waals surface area (Å²) in [6, 6.07) is 0. The highest BCUT2D eigenvalue weighted by Gasteiger charge is 2.34. The lowest BCUT2D eigenvalue weighted by molar-refractivity contribution is -0.114. The number of carbonyl (C=O) groups excluding carboxylic acids is 1. The van der Waals surface area contributed by atoms with Gasteiger partial charge in [0.15, 0.2) is 5.78 Å². The lowest BCUT2D eigenvalue weighted by Gasteiger charge is -2.31. The molecule has 1 aromatic rings. The van der Waals surface area contributed by atoms with E-state index in [1.807, 2.05) is 53.7 Å². The van der Waals surface area contributed by atoms with Gasteiger partial charge in [-0.2, -0.15) is 5.11 Å². The Morgan fingerprint density at radius 2 is 1.10 bits per heavy atom. The van der Waals surface area contributed by atoms with Gasteiger partial charge < -0.3 is 0 Å². The third-order valence-electron chi connectivity index (χ3n) is 4.28. The van der Waals surface area contributed by atoms with Gasteiger partial charge in [-0.05, 0) is 28.6 Å². The maximum absolute atomic E-state index is 13.0. The zero-order chi connectivity index (χ0) is 22.3. The summed E-state index contributed by atoms with van der Waals surface area (Å²) in [6.45, 7) is 12.0. The van der Waals surface area contributed by atoms with E-state index in [4.69, 9.17) is 58.0 Å². The Morgan fingerprint density at radius 3 is 1.48 bits per heavy atom.